The number of nitrogens with zero attached hydrogens (tertiary/aromatic N) is 4. The fraction of sp³-hybridized carbons (Fsp3) is 0.348. The molecule has 2 aliphatic heterocycles. The summed E-state index contributed by atoms with van der Waals surface area (Å²) in [6.07, 6.45) is 0.716. The van der Waals surface area contributed by atoms with Crippen molar-refractivity contribution in [2.45, 2.75) is 25.7 Å². The summed E-state index contributed by atoms with van der Waals surface area (Å²) < 4.78 is 13.4. The molecule has 1 saturated heterocycles. The number of amides is 1. The number of para-hydroxylation sites is 2. The number of piperazine rings is 1. The third-order valence-electron chi connectivity index (χ3n) is 5.78. The summed E-state index contributed by atoms with van der Waals surface area (Å²) in [6.45, 7) is 5.05. The van der Waals surface area contributed by atoms with Gasteiger partial charge in [0.25, 0.3) is 11.5 Å². The minimum Gasteiger partial charge on any atom is -0.482 e. The average molecular weight is 420 g/mol. The van der Waals surface area contributed by atoms with E-state index in [1.54, 1.807) is 12.3 Å². The molecule has 5 rings (SSSR count). The Balaban J connectivity index is 1.22. The zero-order valence-electron chi connectivity index (χ0n) is 17.3. The lowest BCUT2D eigenvalue weighted by molar-refractivity contribution is -0.146. The number of fused-ring (bicyclic) bond motifs is 2. The fourth-order valence-electron chi connectivity index (χ4n) is 4.11. The Labute approximate surface area is 179 Å². The lowest BCUT2D eigenvalue weighted by Crippen LogP contribution is -2.56. The van der Waals surface area contributed by atoms with E-state index >= 15 is 0 Å². The van der Waals surface area contributed by atoms with E-state index in [-0.39, 0.29) is 17.6 Å². The molecule has 160 valence electrons. The van der Waals surface area contributed by atoms with Crippen molar-refractivity contribution in [1.29, 1.82) is 0 Å². The summed E-state index contributed by atoms with van der Waals surface area (Å²) in [5.41, 5.74) is 1.30. The molecule has 1 amide bonds. The molecule has 2 aliphatic rings. The molecule has 0 radical (unpaired) electrons. The Morgan fingerprint density at radius 2 is 1.74 bits per heavy atom. The molecule has 1 aromatic carbocycles. The molecule has 2 atom stereocenters. The molecule has 31 heavy (non-hydrogen) atoms. The Morgan fingerprint density at radius 3 is 2.52 bits per heavy atom. The van der Waals surface area contributed by atoms with Crippen LogP contribution in [-0.2, 0) is 11.3 Å². The molecule has 8 nitrogen and oxygen atoms in total. The van der Waals surface area contributed by atoms with Crippen molar-refractivity contribution in [3.8, 4) is 11.5 Å². The highest BCUT2D eigenvalue weighted by atomic mass is 16.6. The minimum atomic E-state index is -0.649. The molecule has 0 saturated carbocycles. The van der Waals surface area contributed by atoms with Crippen molar-refractivity contribution in [3.63, 3.8) is 0 Å². The highest BCUT2D eigenvalue weighted by Crippen LogP contribution is 2.34. The van der Waals surface area contributed by atoms with E-state index in [4.69, 9.17) is 9.47 Å². The Bertz CT molecular complexity index is 1170. The third-order valence-corrected chi connectivity index (χ3v) is 5.78. The van der Waals surface area contributed by atoms with Crippen LogP contribution in [0.15, 0.2) is 59.5 Å². The van der Waals surface area contributed by atoms with Crippen LogP contribution in [0.4, 0.5) is 0 Å². The van der Waals surface area contributed by atoms with Gasteiger partial charge in [0.2, 0.25) is 6.10 Å². The van der Waals surface area contributed by atoms with Crippen molar-refractivity contribution < 1.29 is 14.3 Å². The second kappa shape index (κ2) is 8.03. The number of aromatic nitrogens is 2. The van der Waals surface area contributed by atoms with Gasteiger partial charge in [-0.3, -0.25) is 18.9 Å². The van der Waals surface area contributed by atoms with Crippen LogP contribution in [0.25, 0.3) is 5.65 Å². The Morgan fingerprint density at radius 1 is 1.03 bits per heavy atom. The molecule has 0 spiro atoms. The molecule has 3 aromatic rings. The van der Waals surface area contributed by atoms with E-state index in [0.717, 1.165) is 5.69 Å². The van der Waals surface area contributed by atoms with Crippen molar-refractivity contribution >= 4 is 11.6 Å². The van der Waals surface area contributed by atoms with Gasteiger partial charge in [0.05, 0.1) is 5.69 Å². The quantitative estimate of drug-likeness (QED) is 0.640. The molecule has 2 unspecified atom stereocenters. The largest absolute Gasteiger partial charge is 0.482 e. The molecule has 0 bridgehead atoms. The van der Waals surface area contributed by atoms with E-state index in [9.17, 15) is 9.59 Å². The molecule has 2 aromatic heterocycles. The van der Waals surface area contributed by atoms with Gasteiger partial charge in [0.15, 0.2) is 11.5 Å². The molecule has 8 heteroatoms. The number of pyridine rings is 1. The number of benzene rings is 1. The van der Waals surface area contributed by atoms with Gasteiger partial charge in [0, 0.05) is 45.0 Å². The maximum Gasteiger partial charge on any atom is 0.267 e. The van der Waals surface area contributed by atoms with Crippen LogP contribution in [0.1, 0.15) is 12.6 Å². The van der Waals surface area contributed by atoms with Gasteiger partial charge in [-0.1, -0.05) is 18.2 Å². The van der Waals surface area contributed by atoms with Crippen molar-refractivity contribution in [2.24, 2.45) is 0 Å². The standard InChI is InChI=1S/C23H24N4O4/c1-16-22(31-19-7-3-2-6-18(19)30-16)23(29)26-12-10-25(11-13-26)15-17-14-21(28)27-9-5-4-8-20(27)24-17/h2-9,14,16,22H,10-13,15H2,1H3. The second-order valence-corrected chi connectivity index (χ2v) is 7.92. The first kappa shape index (κ1) is 19.6. The Kier molecular flexibility index (Phi) is 5.07. The summed E-state index contributed by atoms with van der Waals surface area (Å²) in [7, 11) is 0. The maximum absolute atomic E-state index is 13.1. The molecule has 1 fully saturated rings. The number of ether oxygens (including phenoxy) is 2. The van der Waals surface area contributed by atoms with Gasteiger partial charge in [-0.05, 0) is 31.2 Å². The summed E-state index contributed by atoms with van der Waals surface area (Å²) >= 11 is 0. The van der Waals surface area contributed by atoms with Crippen LogP contribution in [0, 0.1) is 0 Å². The highest BCUT2D eigenvalue weighted by Gasteiger charge is 2.37. The van der Waals surface area contributed by atoms with Crippen molar-refractivity contribution in [2.75, 3.05) is 26.2 Å². The van der Waals surface area contributed by atoms with Gasteiger partial charge >= 0.3 is 0 Å². The second-order valence-electron chi connectivity index (χ2n) is 7.92. The zero-order valence-corrected chi connectivity index (χ0v) is 17.3. The van der Waals surface area contributed by atoms with E-state index in [2.05, 4.69) is 9.88 Å². The predicted octanol–water partition coefficient (Wildman–Crippen LogP) is 1.57. The summed E-state index contributed by atoms with van der Waals surface area (Å²) in [5, 5.41) is 0. The minimum absolute atomic E-state index is 0.0521. The zero-order chi connectivity index (χ0) is 21.4. The summed E-state index contributed by atoms with van der Waals surface area (Å²) in [6, 6.07) is 14.5. The topological polar surface area (TPSA) is 76.4 Å². The van der Waals surface area contributed by atoms with E-state index < -0.39 is 6.10 Å². The number of hydrogen-bond acceptors (Lipinski definition) is 6. The average Bonchev–Trinajstić information content (AvgIpc) is 2.79. The van der Waals surface area contributed by atoms with Crippen LogP contribution in [0.2, 0.25) is 0 Å². The lowest BCUT2D eigenvalue weighted by atomic mass is 10.1. The smallest absolute Gasteiger partial charge is 0.267 e. The Hall–Kier alpha value is -3.39. The molecule has 0 N–H and O–H groups in total. The first-order chi connectivity index (χ1) is 15.1. The van der Waals surface area contributed by atoms with Crippen molar-refractivity contribution in [1.82, 2.24) is 19.2 Å². The lowest BCUT2D eigenvalue weighted by Gasteiger charge is -2.38. The highest BCUT2D eigenvalue weighted by molar-refractivity contribution is 5.82. The van der Waals surface area contributed by atoms with Crippen molar-refractivity contribution in [3.05, 3.63) is 70.8 Å². The van der Waals surface area contributed by atoms with Crippen LogP contribution >= 0.6 is 0 Å². The molecular weight excluding hydrogens is 396 g/mol. The van der Waals surface area contributed by atoms with Gasteiger partial charge < -0.3 is 14.4 Å². The molecule has 0 aliphatic carbocycles. The summed E-state index contributed by atoms with van der Waals surface area (Å²) in [5.74, 6) is 1.22. The van der Waals surface area contributed by atoms with Gasteiger partial charge in [-0.25, -0.2) is 4.98 Å². The van der Waals surface area contributed by atoms with Gasteiger partial charge in [-0.2, -0.15) is 0 Å². The number of carbonyl (C=O) groups excluding carboxylic acids is 1. The monoisotopic (exact) mass is 420 g/mol. The molecular formula is C23H24N4O4. The fourth-order valence-corrected chi connectivity index (χ4v) is 4.11. The first-order valence-electron chi connectivity index (χ1n) is 10.5. The number of carbonyl (C=O) groups is 1. The van der Waals surface area contributed by atoms with Crippen LogP contribution in [-0.4, -0.2) is 63.5 Å². The number of rotatable bonds is 3. The van der Waals surface area contributed by atoms with Gasteiger partial charge in [-0.15, -0.1) is 0 Å². The SMILES string of the molecule is CC1Oc2ccccc2OC1C(=O)N1CCN(Cc2cc(=O)n3ccccc3n2)CC1. The molecule has 4 heterocycles. The first-order valence-corrected chi connectivity index (χ1v) is 10.5. The third kappa shape index (κ3) is 3.86. The predicted molar refractivity (Wildman–Crippen MR) is 114 cm³/mol. The van der Waals surface area contributed by atoms with Crippen LogP contribution in [0.5, 0.6) is 11.5 Å². The summed E-state index contributed by atoms with van der Waals surface area (Å²) in [4.78, 5) is 34.0. The number of hydrogen-bond donors (Lipinski definition) is 0. The van der Waals surface area contributed by atoms with E-state index in [1.807, 2.05) is 54.3 Å². The van der Waals surface area contributed by atoms with Crippen LogP contribution < -0.4 is 15.0 Å². The van der Waals surface area contributed by atoms with E-state index in [1.165, 1.54) is 4.40 Å². The maximum atomic E-state index is 13.1. The van der Waals surface area contributed by atoms with E-state index in [0.29, 0.717) is 49.9 Å². The van der Waals surface area contributed by atoms with Crippen LogP contribution in [0.3, 0.4) is 0 Å². The normalized spacial score (nSPS) is 21.3. The van der Waals surface area contributed by atoms with Gasteiger partial charge in [0.1, 0.15) is 11.8 Å².